The average molecular weight is 433 g/mol. The molecule has 0 saturated heterocycles. The summed E-state index contributed by atoms with van der Waals surface area (Å²) < 4.78 is 5.42. The fourth-order valence-electron chi connectivity index (χ4n) is 4.38. The van der Waals surface area contributed by atoms with E-state index in [2.05, 4.69) is 47.4 Å². The molecule has 0 saturated carbocycles. The Labute approximate surface area is 188 Å². The summed E-state index contributed by atoms with van der Waals surface area (Å²) in [5, 5.41) is 0. The minimum Gasteiger partial charge on any atom is -0.497 e. The van der Waals surface area contributed by atoms with Crippen LogP contribution in [0.3, 0.4) is 0 Å². The van der Waals surface area contributed by atoms with Gasteiger partial charge in [-0.25, -0.2) is 4.99 Å². The van der Waals surface area contributed by atoms with Crippen molar-refractivity contribution in [1.82, 2.24) is 4.90 Å². The molecular formula is C25H25ClN4O. The third kappa shape index (κ3) is 3.45. The Hall–Kier alpha value is -3.31. The first-order valence-electron chi connectivity index (χ1n) is 10.2. The van der Waals surface area contributed by atoms with E-state index in [0.29, 0.717) is 5.96 Å². The van der Waals surface area contributed by atoms with Crippen LogP contribution in [0.15, 0.2) is 88.8 Å². The van der Waals surface area contributed by atoms with E-state index in [-0.39, 0.29) is 12.4 Å². The minimum atomic E-state index is -0.735. The Bertz CT molecular complexity index is 1150. The van der Waals surface area contributed by atoms with E-state index < -0.39 is 5.54 Å². The molecule has 0 fully saturated rings. The Morgan fingerprint density at radius 1 is 0.903 bits per heavy atom. The van der Waals surface area contributed by atoms with Crippen LogP contribution in [0.5, 0.6) is 5.75 Å². The van der Waals surface area contributed by atoms with Crippen molar-refractivity contribution in [1.29, 1.82) is 0 Å². The van der Waals surface area contributed by atoms with Crippen molar-refractivity contribution in [3.8, 4) is 16.9 Å². The van der Waals surface area contributed by atoms with Gasteiger partial charge in [-0.1, -0.05) is 60.7 Å². The average Bonchev–Trinajstić information content (AvgIpc) is 3.13. The van der Waals surface area contributed by atoms with Gasteiger partial charge in [-0.15, -0.1) is 12.4 Å². The molecule has 0 bridgehead atoms. The zero-order valence-corrected chi connectivity index (χ0v) is 18.2. The van der Waals surface area contributed by atoms with E-state index in [1.54, 1.807) is 7.11 Å². The maximum Gasteiger partial charge on any atom is 0.198 e. The third-order valence-electron chi connectivity index (χ3n) is 5.81. The van der Waals surface area contributed by atoms with Crippen LogP contribution >= 0.6 is 12.4 Å². The van der Waals surface area contributed by atoms with Crippen LogP contribution < -0.4 is 10.5 Å². The predicted molar refractivity (Wildman–Crippen MR) is 128 cm³/mol. The van der Waals surface area contributed by atoms with E-state index >= 15 is 0 Å². The molecule has 0 radical (unpaired) electrons. The van der Waals surface area contributed by atoms with Crippen molar-refractivity contribution in [3.05, 3.63) is 90.0 Å². The van der Waals surface area contributed by atoms with Gasteiger partial charge < -0.3 is 10.5 Å². The molecule has 5 rings (SSSR count). The van der Waals surface area contributed by atoms with Gasteiger partial charge in [-0.3, -0.25) is 9.89 Å². The van der Waals surface area contributed by atoms with Crippen molar-refractivity contribution >= 4 is 24.2 Å². The van der Waals surface area contributed by atoms with Crippen molar-refractivity contribution in [2.45, 2.75) is 12.0 Å². The number of aliphatic imine (C=N–C) groups is 2. The van der Waals surface area contributed by atoms with Crippen molar-refractivity contribution in [2.75, 3.05) is 20.2 Å². The number of benzene rings is 3. The van der Waals surface area contributed by atoms with E-state index in [1.165, 1.54) is 0 Å². The van der Waals surface area contributed by atoms with Crippen LogP contribution in [0.1, 0.15) is 17.5 Å². The Morgan fingerprint density at radius 3 is 2.39 bits per heavy atom. The zero-order chi connectivity index (χ0) is 20.6. The number of amidine groups is 1. The lowest BCUT2D eigenvalue weighted by molar-refractivity contribution is 0.415. The molecule has 2 heterocycles. The molecule has 2 aliphatic heterocycles. The summed E-state index contributed by atoms with van der Waals surface area (Å²) >= 11 is 0. The highest BCUT2D eigenvalue weighted by Gasteiger charge is 2.49. The topological polar surface area (TPSA) is 63.2 Å². The number of nitrogens with zero attached hydrogens (tertiary/aromatic N) is 3. The maximum atomic E-state index is 6.41. The second-order valence-corrected chi connectivity index (χ2v) is 7.57. The lowest BCUT2D eigenvalue weighted by Crippen LogP contribution is -2.46. The number of ether oxygens (including phenoxy) is 1. The molecule has 31 heavy (non-hydrogen) atoms. The normalized spacial score (nSPS) is 19.7. The number of rotatable bonds is 4. The first-order valence-corrected chi connectivity index (χ1v) is 10.2. The third-order valence-corrected chi connectivity index (χ3v) is 5.81. The van der Waals surface area contributed by atoms with Gasteiger partial charge in [-0.05, 0) is 46.9 Å². The largest absolute Gasteiger partial charge is 0.497 e. The van der Waals surface area contributed by atoms with E-state index in [1.807, 2.05) is 36.4 Å². The lowest BCUT2D eigenvalue weighted by Gasteiger charge is -2.33. The van der Waals surface area contributed by atoms with Gasteiger partial charge >= 0.3 is 0 Å². The second kappa shape index (κ2) is 8.44. The Morgan fingerprint density at radius 2 is 1.61 bits per heavy atom. The summed E-state index contributed by atoms with van der Waals surface area (Å²) in [6.45, 7) is 1.64. The smallest absolute Gasteiger partial charge is 0.198 e. The number of halogens is 1. The van der Waals surface area contributed by atoms with Crippen LogP contribution in [0.2, 0.25) is 0 Å². The number of hydrogen-bond donors (Lipinski definition) is 1. The summed E-state index contributed by atoms with van der Waals surface area (Å²) in [5.74, 6) is 2.28. The second-order valence-electron chi connectivity index (χ2n) is 7.57. The van der Waals surface area contributed by atoms with Crippen molar-refractivity contribution in [3.63, 3.8) is 0 Å². The van der Waals surface area contributed by atoms with Crippen LogP contribution in [-0.4, -0.2) is 36.9 Å². The lowest BCUT2D eigenvalue weighted by atomic mass is 9.81. The molecule has 1 atom stereocenters. The molecule has 2 N–H and O–H groups in total. The molecule has 0 amide bonds. The molecule has 2 aliphatic rings. The highest BCUT2D eigenvalue weighted by molar-refractivity contribution is 6.12. The first-order chi connectivity index (χ1) is 14.7. The van der Waals surface area contributed by atoms with Gasteiger partial charge in [0.15, 0.2) is 11.5 Å². The zero-order valence-electron chi connectivity index (χ0n) is 17.4. The van der Waals surface area contributed by atoms with Gasteiger partial charge in [0.2, 0.25) is 0 Å². The van der Waals surface area contributed by atoms with Gasteiger partial charge in [0.25, 0.3) is 0 Å². The van der Waals surface area contributed by atoms with E-state index in [4.69, 9.17) is 20.5 Å². The molecule has 3 aromatic carbocycles. The Balaban J connectivity index is 0.00000231. The molecule has 1 unspecified atom stereocenters. The Kier molecular flexibility index (Phi) is 5.70. The molecule has 3 aromatic rings. The monoisotopic (exact) mass is 432 g/mol. The van der Waals surface area contributed by atoms with Gasteiger partial charge in [0, 0.05) is 13.1 Å². The number of fused-ring (bicyclic) bond motifs is 1. The number of guanidine groups is 1. The predicted octanol–water partition coefficient (Wildman–Crippen LogP) is 4.46. The summed E-state index contributed by atoms with van der Waals surface area (Å²) in [6, 6.07) is 26.9. The summed E-state index contributed by atoms with van der Waals surface area (Å²) in [7, 11) is 1.69. The minimum absolute atomic E-state index is 0. The molecule has 0 aliphatic carbocycles. The van der Waals surface area contributed by atoms with Crippen LogP contribution in [0.25, 0.3) is 11.1 Å². The SMILES string of the molecule is COc1cccc(-c2cccc(C3(c4ccccc4)N=C(N)N4CCCN=C43)c2)c1.Cl. The quantitative estimate of drug-likeness (QED) is 0.662. The molecule has 158 valence electrons. The summed E-state index contributed by atoms with van der Waals surface area (Å²) in [6.07, 6.45) is 0.981. The van der Waals surface area contributed by atoms with Crippen molar-refractivity contribution < 1.29 is 4.74 Å². The van der Waals surface area contributed by atoms with Crippen molar-refractivity contribution in [2.24, 2.45) is 15.7 Å². The highest BCUT2D eigenvalue weighted by atomic mass is 35.5. The summed E-state index contributed by atoms with van der Waals surface area (Å²) in [4.78, 5) is 12.0. The standard InChI is InChI=1S/C25H24N4O.ClH/c1-30-22-13-6-9-19(17-22)18-8-5-12-21(16-18)25(20-10-3-2-4-11-20)23-27-14-7-15-29(23)24(26)28-25;/h2-6,8-13,16-17H,7,14-15H2,1H3,(H2,26,28);1H. The highest BCUT2D eigenvalue weighted by Crippen LogP contribution is 2.42. The van der Waals surface area contributed by atoms with Gasteiger partial charge in [0.1, 0.15) is 11.6 Å². The number of methoxy groups -OCH3 is 1. The number of nitrogens with two attached hydrogens (primary N) is 1. The number of hydrogen-bond acceptors (Lipinski definition) is 5. The molecule has 6 heteroatoms. The molecular weight excluding hydrogens is 408 g/mol. The maximum absolute atomic E-state index is 6.41. The van der Waals surface area contributed by atoms with Crippen LogP contribution in [0.4, 0.5) is 0 Å². The first kappa shape index (κ1) is 20.9. The molecule has 5 nitrogen and oxygen atoms in total. The van der Waals surface area contributed by atoms with E-state index in [9.17, 15) is 0 Å². The van der Waals surface area contributed by atoms with E-state index in [0.717, 1.165) is 53.3 Å². The summed E-state index contributed by atoms with van der Waals surface area (Å²) in [5.41, 5.74) is 9.99. The molecule has 0 spiro atoms. The van der Waals surface area contributed by atoms with Gasteiger partial charge in [0.05, 0.1) is 7.11 Å². The molecule has 0 aromatic heterocycles. The van der Waals surface area contributed by atoms with Crippen LogP contribution in [-0.2, 0) is 5.54 Å². The fraction of sp³-hybridized carbons (Fsp3) is 0.200. The fourth-order valence-corrected chi connectivity index (χ4v) is 4.38. The van der Waals surface area contributed by atoms with Gasteiger partial charge in [-0.2, -0.15) is 0 Å². The van der Waals surface area contributed by atoms with Crippen LogP contribution in [0, 0.1) is 0 Å².